The highest BCUT2D eigenvalue weighted by Crippen LogP contribution is 2.40. The lowest BCUT2D eigenvalue weighted by molar-refractivity contribution is -0.384. The van der Waals surface area contributed by atoms with Gasteiger partial charge in [-0.15, -0.1) is 0 Å². The van der Waals surface area contributed by atoms with E-state index in [1.807, 2.05) is 0 Å². The molecule has 0 aromatic heterocycles. The minimum atomic E-state index is -0.435. The van der Waals surface area contributed by atoms with E-state index in [1.165, 1.54) is 12.1 Å². The van der Waals surface area contributed by atoms with Crippen LogP contribution in [0.1, 0.15) is 0 Å². The summed E-state index contributed by atoms with van der Waals surface area (Å²) in [5.41, 5.74) is 1.60. The first kappa shape index (κ1) is 14.6. The number of non-ortho nitro benzene ring substituents is 1. The summed E-state index contributed by atoms with van der Waals surface area (Å²) >= 11 is 0. The second-order valence-corrected chi connectivity index (χ2v) is 4.21. The molecule has 2 aromatic carbocycles. The first-order valence-corrected chi connectivity index (χ1v) is 6.15. The largest absolute Gasteiger partial charge is 0.496 e. The fourth-order valence-corrected chi connectivity index (χ4v) is 2.02. The average molecular weight is 289 g/mol. The van der Waals surface area contributed by atoms with Gasteiger partial charge < -0.3 is 14.2 Å². The van der Waals surface area contributed by atoms with E-state index in [4.69, 9.17) is 14.2 Å². The topological polar surface area (TPSA) is 70.8 Å². The predicted octanol–water partition coefficient (Wildman–Crippen LogP) is 3.29. The molecular weight excluding hydrogens is 274 g/mol. The molecule has 2 rings (SSSR count). The maximum Gasteiger partial charge on any atom is 0.269 e. The van der Waals surface area contributed by atoms with E-state index in [0.717, 1.165) is 11.1 Å². The van der Waals surface area contributed by atoms with Crippen molar-refractivity contribution in [1.29, 1.82) is 0 Å². The molecule has 110 valence electrons. The zero-order valence-electron chi connectivity index (χ0n) is 12.0. The first-order valence-electron chi connectivity index (χ1n) is 6.15. The Labute approximate surface area is 122 Å². The highest BCUT2D eigenvalue weighted by molar-refractivity contribution is 5.74. The van der Waals surface area contributed by atoms with Crippen LogP contribution in [0.3, 0.4) is 0 Å². The summed E-state index contributed by atoms with van der Waals surface area (Å²) in [7, 11) is 4.64. The van der Waals surface area contributed by atoms with E-state index < -0.39 is 4.92 Å². The van der Waals surface area contributed by atoms with Gasteiger partial charge in [0.2, 0.25) is 0 Å². The molecule has 0 saturated heterocycles. The van der Waals surface area contributed by atoms with Crippen LogP contribution in [-0.4, -0.2) is 26.3 Å². The lowest BCUT2D eigenvalue weighted by atomic mass is 10.0. The number of hydrogen-bond acceptors (Lipinski definition) is 5. The van der Waals surface area contributed by atoms with Gasteiger partial charge >= 0.3 is 0 Å². The number of nitrogens with zero attached hydrogens (tertiary/aromatic N) is 1. The first-order chi connectivity index (χ1) is 10.1. The van der Waals surface area contributed by atoms with E-state index in [9.17, 15) is 10.1 Å². The van der Waals surface area contributed by atoms with Crippen molar-refractivity contribution in [2.24, 2.45) is 0 Å². The molecule has 0 atom stereocenters. The standard InChI is InChI=1S/C15H15NO5/c1-19-13-9-15(21-3)14(20-2)8-12(13)10-4-6-11(7-5-10)16(17)18/h4-9H,1-3H3. The molecule has 0 N–H and O–H groups in total. The Kier molecular flexibility index (Phi) is 4.27. The maximum absolute atomic E-state index is 10.7. The summed E-state index contributed by atoms with van der Waals surface area (Å²) in [6.45, 7) is 0. The molecule has 0 unspecified atom stereocenters. The van der Waals surface area contributed by atoms with Gasteiger partial charge in [-0.25, -0.2) is 0 Å². The third-order valence-corrected chi connectivity index (χ3v) is 3.09. The number of nitro benzene ring substituents is 1. The Bertz CT molecular complexity index is 652. The molecule has 0 bridgehead atoms. The highest BCUT2D eigenvalue weighted by atomic mass is 16.6. The van der Waals surface area contributed by atoms with Crippen molar-refractivity contribution < 1.29 is 19.1 Å². The number of nitro groups is 1. The second kappa shape index (κ2) is 6.13. The van der Waals surface area contributed by atoms with Crippen molar-refractivity contribution in [3.8, 4) is 28.4 Å². The van der Waals surface area contributed by atoms with Crippen molar-refractivity contribution in [2.75, 3.05) is 21.3 Å². The van der Waals surface area contributed by atoms with Gasteiger partial charge in [-0.05, 0) is 23.8 Å². The highest BCUT2D eigenvalue weighted by Gasteiger charge is 2.14. The summed E-state index contributed by atoms with van der Waals surface area (Å²) < 4.78 is 15.8. The van der Waals surface area contributed by atoms with Crippen LogP contribution in [0, 0.1) is 10.1 Å². The minimum absolute atomic E-state index is 0.0400. The van der Waals surface area contributed by atoms with E-state index in [-0.39, 0.29) is 5.69 Å². The van der Waals surface area contributed by atoms with Gasteiger partial charge in [-0.3, -0.25) is 10.1 Å². The van der Waals surface area contributed by atoms with Gasteiger partial charge in [-0.2, -0.15) is 0 Å². The quantitative estimate of drug-likeness (QED) is 0.624. The van der Waals surface area contributed by atoms with Crippen LogP contribution in [0.15, 0.2) is 36.4 Å². The van der Waals surface area contributed by atoms with Gasteiger partial charge in [0, 0.05) is 23.8 Å². The van der Waals surface area contributed by atoms with Crippen molar-refractivity contribution in [3.05, 3.63) is 46.5 Å². The molecular formula is C15H15NO5. The van der Waals surface area contributed by atoms with E-state index in [0.29, 0.717) is 17.2 Å². The van der Waals surface area contributed by atoms with E-state index in [1.54, 1.807) is 45.6 Å². The maximum atomic E-state index is 10.7. The minimum Gasteiger partial charge on any atom is -0.496 e. The van der Waals surface area contributed by atoms with Crippen molar-refractivity contribution in [1.82, 2.24) is 0 Å². The molecule has 6 nitrogen and oxygen atoms in total. The molecule has 0 heterocycles. The number of rotatable bonds is 5. The van der Waals surface area contributed by atoms with Crippen LogP contribution in [0.5, 0.6) is 17.2 Å². The van der Waals surface area contributed by atoms with Crippen LogP contribution in [0.2, 0.25) is 0 Å². The number of benzene rings is 2. The smallest absolute Gasteiger partial charge is 0.269 e. The SMILES string of the molecule is COc1cc(OC)c(-c2ccc([N+](=O)[O-])cc2)cc1OC. The lowest BCUT2D eigenvalue weighted by Gasteiger charge is -2.14. The lowest BCUT2D eigenvalue weighted by Crippen LogP contribution is -1.95. The number of ether oxygens (including phenoxy) is 3. The Hall–Kier alpha value is -2.76. The van der Waals surface area contributed by atoms with Crippen molar-refractivity contribution >= 4 is 5.69 Å². The molecule has 0 aliphatic rings. The van der Waals surface area contributed by atoms with Crippen LogP contribution >= 0.6 is 0 Å². The van der Waals surface area contributed by atoms with Crippen LogP contribution in [-0.2, 0) is 0 Å². The molecule has 0 amide bonds. The average Bonchev–Trinajstić information content (AvgIpc) is 2.53. The summed E-state index contributed by atoms with van der Waals surface area (Å²) in [5, 5.41) is 10.7. The molecule has 6 heteroatoms. The Balaban J connectivity index is 2.53. The fourth-order valence-electron chi connectivity index (χ4n) is 2.02. The third kappa shape index (κ3) is 2.89. The summed E-state index contributed by atoms with van der Waals surface area (Å²) in [4.78, 5) is 10.3. The molecule has 2 aromatic rings. The van der Waals surface area contributed by atoms with Gasteiger partial charge in [0.1, 0.15) is 5.75 Å². The monoisotopic (exact) mass is 289 g/mol. The van der Waals surface area contributed by atoms with Gasteiger partial charge in [0.25, 0.3) is 5.69 Å². The van der Waals surface area contributed by atoms with Crippen LogP contribution in [0.25, 0.3) is 11.1 Å². The Morgan fingerprint density at radius 2 is 1.38 bits per heavy atom. The van der Waals surface area contributed by atoms with Gasteiger partial charge in [0.05, 0.1) is 26.3 Å². The van der Waals surface area contributed by atoms with Crippen LogP contribution < -0.4 is 14.2 Å². The number of hydrogen-bond donors (Lipinski definition) is 0. The van der Waals surface area contributed by atoms with Gasteiger partial charge in [-0.1, -0.05) is 0 Å². The molecule has 0 radical (unpaired) electrons. The summed E-state index contributed by atoms with van der Waals surface area (Å²) in [6, 6.07) is 9.73. The third-order valence-electron chi connectivity index (χ3n) is 3.09. The zero-order chi connectivity index (χ0) is 15.4. The normalized spacial score (nSPS) is 10.0. The molecule has 0 aliphatic carbocycles. The number of methoxy groups -OCH3 is 3. The predicted molar refractivity (Wildman–Crippen MR) is 78.2 cm³/mol. The van der Waals surface area contributed by atoms with Crippen molar-refractivity contribution in [3.63, 3.8) is 0 Å². The molecule has 0 fully saturated rings. The van der Waals surface area contributed by atoms with Crippen LogP contribution in [0.4, 0.5) is 5.69 Å². The molecule has 0 saturated carbocycles. The summed E-state index contributed by atoms with van der Waals surface area (Å²) in [5.74, 6) is 1.72. The zero-order valence-corrected chi connectivity index (χ0v) is 12.0. The summed E-state index contributed by atoms with van der Waals surface area (Å²) in [6.07, 6.45) is 0. The van der Waals surface area contributed by atoms with Gasteiger partial charge in [0.15, 0.2) is 11.5 Å². The molecule has 21 heavy (non-hydrogen) atoms. The Morgan fingerprint density at radius 1 is 0.857 bits per heavy atom. The van der Waals surface area contributed by atoms with E-state index in [2.05, 4.69) is 0 Å². The van der Waals surface area contributed by atoms with E-state index >= 15 is 0 Å². The molecule has 0 aliphatic heterocycles. The Morgan fingerprint density at radius 3 is 1.86 bits per heavy atom. The molecule has 0 spiro atoms. The fraction of sp³-hybridized carbons (Fsp3) is 0.200. The second-order valence-electron chi connectivity index (χ2n) is 4.21. The van der Waals surface area contributed by atoms with Crippen molar-refractivity contribution in [2.45, 2.75) is 0 Å².